The molecule has 1 N–H and O–H groups in total. The Morgan fingerprint density at radius 3 is 2.53 bits per heavy atom. The van der Waals surface area contributed by atoms with Crippen molar-refractivity contribution in [1.29, 1.82) is 0 Å². The van der Waals surface area contributed by atoms with Crippen LogP contribution in [0.3, 0.4) is 0 Å². The van der Waals surface area contributed by atoms with Crippen LogP contribution in [0.2, 0.25) is 0 Å². The van der Waals surface area contributed by atoms with E-state index in [1.807, 2.05) is 12.1 Å². The predicted molar refractivity (Wildman–Crippen MR) is 121 cm³/mol. The zero-order chi connectivity index (χ0) is 24.7. The lowest BCUT2D eigenvalue weighted by Gasteiger charge is -2.39. The Morgan fingerprint density at radius 2 is 1.82 bits per heavy atom. The Hall–Kier alpha value is -3.89. The van der Waals surface area contributed by atoms with E-state index in [-0.39, 0.29) is 45.1 Å². The van der Waals surface area contributed by atoms with E-state index in [0.717, 1.165) is 5.39 Å². The second-order valence-electron chi connectivity index (χ2n) is 7.41. The molecule has 1 aliphatic rings. The average Bonchev–Trinajstić information content (AvgIpc) is 2.86. The second kappa shape index (κ2) is 11.3. The molecule has 2 heterocycles. The van der Waals surface area contributed by atoms with Gasteiger partial charge in [-0.1, -0.05) is 12.1 Å². The van der Waals surface area contributed by atoms with E-state index in [2.05, 4.69) is 10.3 Å². The topological polar surface area (TPSA) is 127 Å². The summed E-state index contributed by atoms with van der Waals surface area (Å²) in [5.74, 6) is -1.19. The Bertz CT molecular complexity index is 1070. The van der Waals surface area contributed by atoms with Crippen molar-refractivity contribution in [3.63, 3.8) is 0 Å². The molecule has 1 aromatic heterocycles. The number of esters is 1. The molecule has 3 amide bonds. The molecular weight excluding hydrogens is 444 g/mol. The van der Waals surface area contributed by atoms with Gasteiger partial charge in [0.05, 0.1) is 38.9 Å². The third-order valence-corrected chi connectivity index (χ3v) is 5.32. The molecule has 0 radical (unpaired) electrons. The third kappa shape index (κ3) is 5.53. The fourth-order valence-corrected chi connectivity index (χ4v) is 3.68. The van der Waals surface area contributed by atoms with Gasteiger partial charge in [0.1, 0.15) is 17.5 Å². The molecule has 11 nitrogen and oxygen atoms in total. The van der Waals surface area contributed by atoms with Crippen molar-refractivity contribution in [2.24, 2.45) is 0 Å². The molecule has 34 heavy (non-hydrogen) atoms. The standard InChI is InChI=1S/C23H28N4O7/c1-4-33-22(30)18-14-26(23(31)34-5-2)10-11-27(18)20(28)13-24-21(29)17-12-19(32-3)15-8-6-7-9-16(15)25-17/h6-9,12,18H,4-5,10-11,13-14H2,1-3H3,(H,24,29). The molecular formula is C23H28N4O7. The third-order valence-electron chi connectivity index (χ3n) is 5.32. The highest BCUT2D eigenvalue weighted by Crippen LogP contribution is 2.25. The van der Waals surface area contributed by atoms with Crippen molar-refractivity contribution < 1.29 is 33.4 Å². The molecule has 2 aromatic rings. The van der Waals surface area contributed by atoms with Gasteiger partial charge in [0.15, 0.2) is 0 Å². The number of piperazine rings is 1. The second-order valence-corrected chi connectivity index (χ2v) is 7.41. The Morgan fingerprint density at radius 1 is 1.09 bits per heavy atom. The summed E-state index contributed by atoms with van der Waals surface area (Å²) in [5.41, 5.74) is 0.674. The first-order chi connectivity index (χ1) is 16.4. The van der Waals surface area contributed by atoms with Gasteiger partial charge in [0.25, 0.3) is 5.91 Å². The van der Waals surface area contributed by atoms with Gasteiger partial charge < -0.3 is 29.3 Å². The number of amides is 3. The van der Waals surface area contributed by atoms with Crippen LogP contribution < -0.4 is 10.1 Å². The first kappa shape index (κ1) is 24.7. The van der Waals surface area contributed by atoms with Gasteiger partial charge in [-0.15, -0.1) is 0 Å². The maximum atomic E-state index is 12.9. The highest BCUT2D eigenvalue weighted by atomic mass is 16.6. The normalized spacial score (nSPS) is 15.6. The number of pyridine rings is 1. The SMILES string of the molecule is CCOC(=O)C1CN(C(=O)OCC)CCN1C(=O)CNC(=O)c1cc(OC)c2ccccc2n1. The molecule has 1 fully saturated rings. The molecule has 1 unspecified atom stereocenters. The summed E-state index contributed by atoms with van der Waals surface area (Å²) < 4.78 is 15.4. The maximum Gasteiger partial charge on any atom is 0.409 e. The van der Waals surface area contributed by atoms with Crippen LogP contribution in [-0.2, 0) is 19.1 Å². The number of hydrogen-bond donors (Lipinski definition) is 1. The first-order valence-corrected chi connectivity index (χ1v) is 11.0. The molecule has 182 valence electrons. The number of ether oxygens (including phenoxy) is 3. The van der Waals surface area contributed by atoms with Crippen molar-refractivity contribution in [2.75, 3.05) is 46.5 Å². The van der Waals surface area contributed by atoms with E-state index >= 15 is 0 Å². The Kier molecular flexibility index (Phi) is 8.23. The summed E-state index contributed by atoms with van der Waals surface area (Å²) in [6, 6.07) is 7.73. The van der Waals surface area contributed by atoms with Gasteiger partial charge in [-0.2, -0.15) is 0 Å². The van der Waals surface area contributed by atoms with Crippen molar-refractivity contribution in [1.82, 2.24) is 20.1 Å². The lowest BCUT2D eigenvalue weighted by Crippen LogP contribution is -2.61. The van der Waals surface area contributed by atoms with Gasteiger partial charge in [-0.05, 0) is 26.0 Å². The van der Waals surface area contributed by atoms with Crippen molar-refractivity contribution in [3.8, 4) is 5.75 Å². The van der Waals surface area contributed by atoms with E-state index in [9.17, 15) is 19.2 Å². The number of benzene rings is 1. The average molecular weight is 472 g/mol. The summed E-state index contributed by atoms with van der Waals surface area (Å²) in [6.07, 6.45) is -0.562. The monoisotopic (exact) mass is 472 g/mol. The van der Waals surface area contributed by atoms with E-state index in [1.165, 1.54) is 23.0 Å². The Balaban J connectivity index is 1.70. The molecule has 3 rings (SSSR count). The largest absolute Gasteiger partial charge is 0.496 e. The number of rotatable bonds is 7. The van der Waals surface area contributed by atoms with E-state index in [1.54, 1.807) is 26.0 Å². The quantitative estimate of drug-likeness (QED) is 0.596. The lowest BCUT2D eigenvalue weighted by molar-refractivity contribution is -0.157. The highest BCUT2D eigenvalue weighted by molar-refractivity contribution is 5.99. The zero-order valence-electron chi connectivity index (χ0n) is 19.4. The minimum Gasteiger partial charge on any atom is -0.496 e. The van der Waals surface area contributed by atoms with E-state index in [0.29, 0.717) is 11.3 Å². The van der Waals surface area contributed by atoms with Crippen LogP contribution in [-0.4, -0.2) is 91.2 Å². The molecule has 1 aliphatic heterocycles. The first-order valence-electron chi connectivity index (χ1n) is 11.0. The van der Waals surface area contributed by atoms with Crippen LogP contribution in [0, 0.1) is 0 Å². The summed E-state index contributed by atoms with van der Waals surface area (Å²) in [5, 5.41) is 3.31. The van der Waals surface area contributed by atoms with Gasteiger partial charge in [-0.3, -0.25) is 9.59 Å². The molecule has 1 atom stereocenters. The lowest BCUT2D eigenvalue weighted by atomic mass is 10.1. The number of fused-ring (bicyclic) bond motifs is 1. The van der Waals surface area contributed by atoms with Gasteiger partial charge >= 0.3 is 12.1 Å². The van der Waals surface area contributed by atoms with E-state index in [4.69, 9.17) is 14.2 Å². The summed E-state index contributed by atoms with van der Waals surface area (Å²) in [6.45, 7) is 3.54. The summed E-state index contributed by atoms with van der Waals surface area (Å²) >= 11 is 0. The molecule has 1 saturated heterocycles. The van der Waals surface area contributed by atoms with Gasteiger partial charge in [0.2, 0.25) is 5.91 Å². The van der Waals surface area contributed by atoms with Crippen molar-refractivity contribution in [2.45, 2.75) is 19.9 Å². The minimum atomic E-state index is -0.999. The number of carbonyl (C=O) groups excluding carboxylic acids is 4. The van der Waals surface area contributed by atoms with Crippen LogP contribution in [0.5, 0.6) is 5.75 Å². The van der Waals surface area contributed by atoms with Crippen molar-refractivity contribution in [3.05, 3.63) is 36.0 Å². The van der Waals surface area contributed by atoms with Crippen LogP contribution in [0.4, 0.5) is 4.79 Å². The number of aromatic nitrogens is 1. The molecule has 11 heteroatoms. The van der Waals surface area contributed by atoms with Crippen LogP contribution in [0.15, 0.2) is 30.3 Å². The molecule has 0 aliphatic carbocycles. The van der Waals surface area contributed by atoms with Gasteiger partial charge in [0, 0.05) is 24.5 Å². The molecule has 0 spiro atoms. The molecule has 0 bridgehead atoms. The van der Waals surface area contributed by atoms with Crippen molar-refractivity contribution >= 4 is 34.8 Å². The number of nitrogens with one attached hydrogen (secondary N) is 1. The fourth-order valence-electron chi connectivity index (χ4n) is 3.68. The molecule has 1 aromatic carbocycles. The van der Waals surface area contributed by atoms with E-state index < -0.39 is 29.9 Å². The number of nitrogens with zero attached hydrogens (tertiary/aromatic N) is 3. The molecule has 0 saturated carbocycles. The number of hydrogen-bond acceptors (Lipinski definition) is 8. The summed E-state index contributed by atoms with van der Waals surface area (Å²) in [7, 11) is 1.50. The van der Waals surface area contributed by atoms with Crippen LogP contribution >= 0.6 is 0 Å². The number of para-hydroxylation sites is 1. The smallest absolute Gasteiger partial charge is 0.409 e. The van der Waals surface area contributed by atoms with Crippen LogP contribution in [0.1, 0.15) is 24.3 Å². The van der Waals surface area contributed by atoms with Crippen LogP contribution in [0.25, 0.3) is 10.9 Å². The maximum absolute atomic E-state index is 12.9. The predicted octanol–water partition coefficient (Wildman–Crippen LogP) is 1.21. The zero-order valence-corrected chi connectivity index (χ0v) is 19.4. The fraction of sp³-hybridized carbons (Fsp3) is 0.435. The minimum absolute atomic E-state index is 0.0548. The highest BCUT2D eigenvalue weighted by Gasteiger charge is 2.38. The van der Waals surface area contributed by atoms with Gasteiger partial charge in [-0.25, -0.2) is 14.6 Å². The Labute approximate surface area is 196 Å². The number of carbonyl (C=O) groups is 4. The summed E-state index contributed by atoms with van der Waals surface area (Å²) in [4.78, 5) is 57.2. The number of methoxy groups -OCH3 is 1.